The van der Waals surface area contributed by atoms with E-state index in [0.717, 1.165) is 22.3 Å². The molecule has 2 aromatic heterocycles. The molecule has 28 heavy (non-hydrogen) atoms. The SMILES string of the molecule is COc1c[n+](C)c(C)c2[nH]c3ccccc3c12.Cc1ccc(S(=O)(=O)[O-])cc1. The van der Waals surface area contributed by atoms with Gasteiger partial charge in [-0.1, -0.05) is 35.9 Å². The van der Waals surface area contributed by atoms with Gasteiger partial charge in [-0.2, -0.15) is 0 Å². The van der Waals surface area contributed by atoms with Gasteiger partial charge >= 0.3 is 0 Å². The van der Waals surface area contributed by atoms with Crippen LogP contribution in [0.5, 0.6) is 5.75 Å². The molecule has 2 heterocycles. The molecule has 0 radical (unpaired) electrons. The molecule has 7 heteroatoms. The molecule has 0 spiro atoms. The van der Waals surface area contributed by atoms with Gasteiger partial charge in [-0.3, -0.25) is 0 Å². The smallest absolute Gasteiger partial charge is 0.211 e. The van der Waals surface area contributed by atoms with E-state index in [1.165, 1.54) is 28.6 Å². The Morgan fingerprint density at radius 1 is 1.04 bits per heavy atom. The molecule has 0 aliphatic rings. The normalized spacial score (nSPS) is 11.3. The molecule has 0 bridgehead atoms. The van der Waals surface area contributed by atoms with Crippen LogP contribution in [0.2, 0.25) is 0 Å². The lowest BCUT2D eigenvalue weighted by Crippen LogP contribution is -2.31. The molecule has 2 aromatic carbocycles. The minimum Gasteiger partial charge on any atom is -0.744 e. The first-order valence-electron chi connectivity index (χ1n) is 8.68. The van der Waals surface area contributed by atoms with Crippen molar-refractivity contribution < 1.29 is 22.3 Å². The largest absolute Gasteiger partial charge is 0.744 e. The van der Waals surface area contributed by atoms with Gasteiger partial charge in [0.05, 0.1) is 17.4 Å². The number of rotatable bonds is 2. The molecule has 0 unspecified atom stereocenters. The van der Waals surface area contributed by atoms with Gasteiger partial charge in [0.15, 0.2) is 5.75 Å². The molecule has 0 fully saturated rings. The van der Waals surface area contributed by atoms with Crippen LogP contribution < -0.4 is 9.30 Å². The summed E-state index contributed by atoms with van der Waals surface area (Å²) in [6.45, 7) is 3.93. The number of nitrogens with zero attached hydrogens (tertiary/aromatic N) is 1. The number of fused-ring (bicyclic) bond motifs is 3. The number of methoxy groups -OCH3 is 1. The number of benzene rings is 2. The number of ether oxygens (including phenoxy) is 1. The molecule has 1 N–H and O–H groups in total. The molecular formula is C21H22N2O4S. The Kier molecular flexibility index (Phi) is 5.40. The molecule has 4 rings (SSSR count). The van der Waals surface area contributed by atoms with Gasteiger partial charge in [0.2, 0.25) is 11.9 Å². The zero-order valence-electron chi connectivity index (χ0n) is 16.2. The Morgan fingerprint density at radius 2 is 1.68 bits per heavy atom. The first-order valence-corrected chi connectivity index (χ1v) is 10.1. The third-order valence-electron chi connectivity index (χ3n) is 4.68. The minimum atomic E-state index is -4.27. The number of pyridine rings is 1. The predicted molar refractivity (Wildman–Crippen MR) is 107 cm³/mol. The first-order chi connectivity index (χ1) is 13.2. The molecule has 0 atom stereocenters. The summed E-state index contributed by atoms with van der Waals surface area (Å²) in [6, 6.07) is 14.1. The standard InChI is InChI=1S/C14H14N2O.C7H8O3S/c1-9-14-13(12(17-3)8-16(9)2)10-6-4-5-7-11(10)15-14;1-6-2-4-7(5-3-6)11(8,9)10/h4-8H,1-3H3;2-5H,1H3,(H,8,9,10). The van der Waals surface area contributed by atoms with Gasteiger partial charge in [0.25, 0.3) is 0 Å². The van der Waals surface area contributed by atoms with Crippen molar-refractivity contribution in [2.24, 2.45) is 7.05 Å². The lowest BCUT2D eigenvalue weighted by Gasteiger charge is -2.05. The summed E-state index contributed by atoms with van der Waals surface area (Å²) in [5.41, 5.74) is 4.43. The van der Waals surface area contributed by atoms with Gasteiger partial charge in [-0.15, -0.1) is 0 Å². The number of aromatic amines is 1. The van der Waals surface area contributed by atoms with Crippen molar-refractivity contribution in [3.63, 3.8) is 0 Å². The first kappa shape index (κ1) is 19.9. The van der Waals surface area contributed by atoms with Crippen LogP contribution in [-0.4, -0.2) is 25.1 Å². The van der Waals surface area contributed by atoms with E-state index in [-0.39, 0.29) is 4.90 Å². The number of hydrogen-bond acceptors (Lipinski definition) is 4. The van der Waals surface area contributed by atoms with Crippen LogP contribution in [0.1, 0.15) is 11.3 Å². The van der Waals surface area contributed by atoms with Gasteiger partial charge in [-0.25, -0.2) is 13.0 Å². The summed E-state index contributed by atoms with van der Waals surface area (Å²) >= 11 is 0. The van der Waals surface area contributed by atoms with Gasteiger partial charge in [0, 0.05) is 17.8 Å². The Labute approximate surface area is 164 Å². The predicted octanol–water partition coefficient (Wildman–Crippen LogP) is 3.36. The van der Waals surface area contributed by atoms with E-state index in [2.05, 4.69) is 34.7 Å². The van der Waals surface area contributed by atoms with E-state index < -0.39 is 10.1 Å². The Bertz CT molecular complexity index is 1240. The molecule has 0 aliphatic heterocycles. The summed E-state index contributed by atoms with van der Waals surface area (Å²) in [4.78, 5) is 3.28. The quantitative estimate of drug-likeness (QED) is 0.414. The maximum Gasteiger partial charge on any atom is 0.211 e. The zero-order valence-corrected chi connectivity index (χ0v) is 17.0. The van der Waals surface area contributed by atoms with Crippen LogP contribution in [0.15, 0.2) is 59.6 Å². The van der Waals surface area contributed by atoms with Crippen molar-refractivity contribution in [1.29, 1.82) is 0 Å². The van der Waals surface area contributed by atoms with E-state index in [4.69, 9.17) is 4.74 Å². The summed E-state index contributed by atoms with van der Waals surface area (Å²) in [6.07, 6.45) is 2.03. The van der Waals surface area contributed by atoms with Crippen LogP contribution in [0.25, 0.3) is 21.8 Å². The molecule has 0 aliphatic carbocycles. The number of H-pyrrole nitrogens is 1. The van der Waals surface area contributed by atoms with Crippen LogP contribution in [0.3, 0.4) is 0 Å². The van der Waals surface area contributed by atoms with Crippen molar-refractivity contribution >= 4 is 31.9 Å². The highest BCUT2D eigenvalue weighted by molar-refractivity contribution is 7.85. The topological polar surface area (TPSA) is 86.1 Å². The molecule has 0 amide bonds. The minimum absolute atomic E-state index is 0.178. The highest BCUT2D eigenvalue weighted by Gasteiger charge is 2.17. The average Bonchev–Trinajstić information content (AvgIpc) is 3.05. The van der Waals surface area contributed by atoms with Gasteiger partial charge in [-0.05, 0) is 25.1 Å². The summed E-state index contributed by atoms with van der Waals surface area (Å²) in [5, 5.41) is 2.38. The number of hydrogen-bond donors (Lipinski definition) is 1. The van der Waals surface area contributed by atoms with Crippen molar-refractivity contribution in [1.82, 2.24) is 4.98 Å². The average molecular weight is 398 g/mol. The lowest BCUT2D eigenvalue weighted by atomic mass is 10.1. The summed E-state index contributed by atoms with van der Waals surface area (Å²) < 4.78 is 38.7. The number of aromatic nitrogens is 2. The molecule has 0 saturated heterocycles. The Morgan fingerprint density at radius 3 is 2.29 bits per heavy atom. The molecule has 0 saturated carbocycles. The molecule has 4 aromatic rings. The fourth-order valence-corrected chi connectivity index (χ4v) is 3.51. The zero-order chi connectivity index (χ0) is 20.5. The van der Waals surface area contributed by atoms with Gasteiger partial charge in [0.1, 0.15) is 22.7 Å². The Balaban J connectivity index is 0.000000178. The van der Waals surface area contributed by atoms with Gasteiger partial charge < -0.3 is 14.3 Å². The van der Waals surface area contributed by atoms with Crippen molar-refractivity contribution in [3.8, 4) is 5.75 Å². The van der Waals surface area contributed by atoms with Crippen molar-refractivity contribution in [2.45, 2.75) is 18.7 Å². The number of aryl methyl sites for hydroxylation is 3. The monoisotopic (exact) mass is 398 g/mol. The maximum atomic E-state index is 10.4. The van der Waals surface area contributed by atoms with Crippen LogP contribution in [-0.2, 0) is 17.2 Å². The molecule has 146 valence electrons. The second-order valence-corrected chi connectivity index (χ2v) is 7.96. The van der Waals surface area contributed by atoms with E-state index >= 15 is 0 Å². The van der Waals surface area contributed by atoms with Crippen molar-refractivity contribution in [2.75, 3.05) is 7.11 Å². The second-order valence-electron chi connectivity index (χ2n) is 6.58. The number of nitrogens with one attached hydrogen (secondary N) is 1. The van der Waals surface area contributed by atoms with Crippen LogP contribution >= 0.6 is 0 Å². The highest BCUT2D eigenvalue weighted by atomic mass is 32.2. The highest BCUT2D eigenvalue weighted by Crippen LogP contribution is 2.32. The van der Waals surface area contributed by atoms with Crippen LogP contribution in [0, 0.1) is 13.8 Å². The summed E-state index contributed by atoms with van der Waals surface area (Å²) in [5.74, 6) is 0.908. The summed E-state index contributed by atoms with van der Waals surface area (Å²) in [7, 11) is -0.525. The molecular weight excluding hydrogens is 376 g/mol. The van der Waals surface area contributed by atoms with E-state index in [1.54, 1.807) is 19.2 Å². The third kappa shape index (κ3) is 3.85. The van der Waals surface area contributed by atoms with E-state index in [9.17, 15) is 13.0 Å². The number of para-hydroxylation sites is 1. The van der Waals surface area contributed by atoms with E-state index in [0.29, 0.717) is 0 Å². The van der Waals surface area contributed by atoms with Crippen LogP contribution in [0.4, 0.5) is 0 Å². The van der Waals surface area contributed by atoms with E-state index in [1.807, 2.05) is 26.2 Å². The maximum absolute atomic E-state index is 10.4. The fourth-order valence-electron chi connectivity index (χ4n) is 3.04. The second kappa shape index (κ2) is 7.61. The van der Waals surface area contributed by atoms with Crippen molar-refractivity contribution in [3.05, 3.63) is 66.0 Å². The Hall–Kier alpha value is -2.90. The fraction of sp³-hybridized carbons (Fsp3) is 0.190. The molecule has 6 nitrogen and oxygen atoms in total. The lowest BCUT2D eigenvalue weighted by molar-refractivity contribution is -0.676. The third-order valence-corrected chi connectivity index (χ3v) is 5.53.